The largest absolute Gasteiger partial charge is 0.354 e. The van der Waals surface area contributed by atoms with Gasteiger partial charge in [-0.05, 0) is 31.5 Å². The first-order valence-electron chi connectivity index (χ1n) is 5.99. The predicted octanol–water partition coefficient (Wildman–Crippen LogP) is 2.99. The average molecular weight is 278 g/mol. The fraction of sp³-hybridized carbons (Fsp3) is 0.417. The second kappa shape index (κ2) is 5.24. The van der Waals surface area contributed by atoms with Crippen molar-refractivity contribution in [2.24, 2.45) is 0 Å². The molecule has 1 aliphatic rings. The van der Waals surface area contributed by atoms with Crippen LogP contribution in [0.25, 0.3) is 0 Å². The maximum atomic E-state index is 4.48. The Kier molecular flexibility index (Phi) is 3.47. The second-order valence-corrected chi connectivity index (χ2v) is 6.33. The minimum atomic E-state index is 0.966. The highest BCUT2D eigenvalue weighted by atomic mass is 32.2. The third kappa shape index (κ3) is 2.49. The third-order valence-corrected chi connectivity index (χ3v) is 4.87. The maximum absolute atomic E-state index is 4.48. The van der Waals surface area contributed by atoms with Crippen LogP contribution in [0.4, 0.5) is 5.82 Å². The van der Waals surface area contributed by atoms with Gasteiger partial charge in [0.25, 0.3) is 0 Å². The minimum absolute atomic E-state index is 0.966. The molecule has 3 rings (SSSR count). The van der Waals surface area contributed by atoms with Gasteiger partial charge in [-0.25, -0.2) is 15.0 Å². The van der Waals surface area contributed by atoms with Crippen LogP contribution in [0.3, 0.4) is 0 Å². The number of nitrogens with zero attached hydrogens (tertiary/aromatic N) is 4. The normalized spacial score (nSPS) is 15.3. The van der Waals surface area contributed by atoms with Gasteiger partial charge in [0.15, 0.2) is 10.2 Å². The van der Waals surface area contributed by atoms with Crippen LogP contribution < -0.4 is 4.90 Å². The summed E-state index contributed by atoms with van der Waals surface area (Å²) in [6.45, 7) is 4.19. The molecule has 0 amide bonds. The molecule has 0 radical (unpaired) electrons. The standard InChI is InChI=1S/C12H14N4S2/c1-9-8-17-12(15-9)18-11-10(13-4-5-14-11)16-6-2-3-7-16/h4-5,8H,2-3,6-7H2,1H3. The van der Waals surface area contributed by atoms with Crippen LogP contribution >= 0.6 is 23.1 Å². The summed E-state index contributed by atoms with van der Waals surface area (Å²) in [5.74, 6) is 1.01. The Morgan fingerprint density at radius 2 is 2.00 bits per heavy atom. The Bertz CT molecular complexity index is 534. The van der Waals surface area contributed by atoms with Crippen LogP contribution in [0.1, 0.15) is 18.5 Å². The van der Waals surface area contributed by atoms with Crippen molar-refractivity contribution in [1.29, 1.82) is 0 Å². The van der Waals surface area contributed by atoms with Crippen LogP contribution in [-0.2, 0) is 0 Å². The molecule has 18 heavy (non-hydrogen) atoms. The van der Waals surface area contributed by atoms with Gasteiger partial charge >= 0.3 is 0 Å². The molecule has 0 bridgehead atoms. The van der Waals surface area contributed by atoms with Crippen LogP contribution in [0.5, 0.6) is 0 Å². The molecular weight excluding hydrogens is 264 g/mol. The molecular formula is C12H14N4S2. The zero-order chi connectivity index (χ0) is 12.4. The quantitative estimate of drug-likeness (QED) is 0.863. The highest BCUT2D eigenvalue weighted by Crippen LogP contribution is 2.34. The van der Waals surface area contributed by atoms with Crippen LogP contribution in [0, 0.1) is 6.92 Å². The number of hydrogen-bond donors (Lipinski definition) is 0. The van der Waals surface area contributed by atoms with E-state index < -0.39 is 0 Å². The van der Waals surface area contributed by atoms with Gasteiger partial charge in [-0.3, -0.25) is 0 Å². The summed E-state index contributed by atoms with van der Waals surface area (Å²) in [6.07, 6.45) is 6.02. The number of aryl methyl sites for hydroxylation is 1. The zero-order valence-electron chi connectivity index (χ0n) is 10.2. The number of anilines is 1. The van der Waals surface area contributed by atoms with E-state index in [1.807, 2.05) is 6.92 Å². The summed E-state index contributed by atoms with van der Waals surface area (Å²) >= 11 is 3.28. The number of rotatable bonds is 3. The molecule has 0 saturated carbocycles. The van der Waals surface area contributed by atoms with Crippen molar-refractivity contribution < 1.29 is 0 Å². The molecule has 1 saturated heterocycles. The Morgan fingerprint density at radius 3 is 2.72 bits per heavy atom. The van der Waals surface area contributed by atoms with Crippen molar-refractivity contribution in [3.63, 3.8) is 0 Å². The lowest BCUT2D eigenvalue weighted by atomic mass is 10.4. The highest BCUT2D eigenvalue weighted by molar-refractivity contribution is 8.01. The van der Waals surface area contributed by atoms with Gasteiger partial charge in [0.05, 0.1) is 0 Å². The molecule has 94 valence electrons. The monoisotopic (exact) mass is 278 g/mol. The van der Waals surface area contributed by atoms with E-state index in [9.17, 15) is 0 Å². The van der Waals surface area contributed by atoms with Gasteiger partial charge in [0.2, 0.25) is 0 Å². The van der Waals surface area contributed by atoms with E-state index in [1.165, 1.54) is 12.8 Å². The molecule has 0 aliphatic carbocycles. The van der Waals surface area contributed by atoms with Gasteiger partial charge in [0, 0.05) is 36.6 Å². The van der Waals surface area contributed by atoms with Crippen molar-refractivity contribution in [3.8, 4) is 0 Å². The lowest BCUT2D eigenvalue weighted by Crippen LogP contribution is -2.20. The SMILES string of the molecule is Cc1csc(Sc2nccnc2N2CCCC2)n1. The molecule has 0 atom stereocenters. The van der Waals surface area contributed by atoms with Gasteiger partial charge in [0.1, 0.15) is 5.03 Å². The molecule has 0 aromatic carbocycles. The lowest BCUT2D eigenvalue weighted by Gasteiger charge is -2.17. The van der Waals surface area contributed by atoms with E-state index in [2.05, 4.69) is 25.2 Å². The Balaban J connectivity index is 1.86. The molecule has 2 aromatic heterocycles. The Hall–Kier alpha value is -1.14. The number of thiazole rings is 1. The summed E-state index contributed by atoms with van der Waals surface area (Å²) in [5, 5.41) is 3.03. The lowest BCUT2D eigenvalue weighted by molar-refractivity contribution is 0.886. The van der Waals surface area contributed by atoms with Crippen molar-refractivity contribution in [2.45, 2.75) is 29.1 Å². The maximum Gasteiger partial charge on any atom is 0.161 e. The summed E-state index contributed by atoms with van der Waals surface area (Å²) in [7, 11) is 0. The van der Waals surface area contributed by atoms with Gasteiger partial charge in [-0.15, -0.1) is 11.3 Å². The second-order valence-electron chi connectivity index (χ2n) is 4.24. The van der Waals surface area contributed by atoms with Gasteiger partial charge < -0.3 is 4.90 Å². The summed E-state index contributed by atoms with van der Waals surface area (Å²) in [5.41, 5.74) is 1.06. The van der Waals surface area contributed by atoms with Crippen molar-refractivity contribution in [1.82, 2.24) is 15.0 Å². The van der Waals surface area contributed by atoms with Crippen LogP contribution in [0.2, 0.25) is 0 Å². The first kappa shape index (κ1) is 11.9. The first-order valence-corrected chi connectivity index (χ1v) is 7.68. The number of hydrogen-bond acceptors (Lipinski definition) is 6. The molecule has 0 N–H and O–H groups in total. The molecule has 0 unspecified atom stereocenters. The average Bonchev–Trinajstić information content (AvgIpc) is 3.02. The van der Waals surface area contributed by atoms with Crippen LogP contribution in [0.15, 0.2) is 27.1 Å². The third-order valence-electron chi connectivity index (χ3n) is 2.83. The fourth-order valence-electron chi connectivity index (χ4n) is 2.00. The molecule has 1 aliphatic heterocycles. The Morgan fingerprint density at radius 1 is 1.22 bits per heavy atom. The smallest absolute Gasteiger partial charge is 0.161 e. The minimum Gasteiger partial charge on any atom is -0.354 e. The van der Waals surface area contributed by atoms with E-state index in [0.717, 1.165) is 34.0 Å². The van der Waals surface area contributed by atoms with Crippen LogP contribution in [-0.4, -0.2) is 28.0 Å². The van der Waals surface area contributed by atoms with E-state index in [1.54, 1.807) is 35.5 Å². The molecule has 3 heterocycles. The van der Waals surface area contributed by atoms with Crippen molar-refractivity contribution >= 4 is 28.9 Å². The topological polar surface area (TPSA) is 41.9 Å². The van der Waals surface area contributed by atoms with E-state index in [-0.39, 0.29) is 0 Å². The summed E-state index contributed by atoms with van der Waals surface area (Å²) in [4.78, 5) is 15.7. The van der Waals surface area contributed by atoms with Gasteiger partial charge in [-0.1, -0.05) is 0 Å². The molecule has 6 heteroatoms. The molecule has 4 nitrogen and oxygen atoms in total. The van der Waals surface area contributed by atoms with Crippen molar-refractivity contribution in [2.75, 3.05) is 18.0 Å². The zero-order valence-corrected chi connectivity index (χ0v) is 11.8. The predicted molar refractivity (Wildman–Crippen MR) is 74.5 cm³/mol. The molecule has 1 fully saturated rings. The number of aromatic nitrogens is 3. The van der Waals surface area contributed by atoms with E-state index in [4.69, 9.17) is 0 Å². The van der Waals surface area contributed by atoms with E-state index >= 15 is 0 Å². The summed E-state index contributed by atoms with van der Waals surface area (Å²) in [6, 6.07) is 0. The van der Waals surface area contributed by atoms with Crippen molar-refractivity contribution in [3.05, 3.63) is 23.5 Å². The fourth-order valence-corrected chi connectivity index (χ4v) is 3.83. The highest BCUT2D eigenvalue weighted by Gasteiger charge is 2.19. The van der Waals surface area contributed by atoms with E-state index in [0.29, 0.717) is 0 Å². The van der Waals surface area contributed by atoms with Gasteiger partial charge in [-0.2, -0.15) is 0 Å². The Labute approximate surface area is 114 Å². The molecule has 2 aromatic rings. The molecule has 0 spiro atoms. The first-order chi connectivity index (χ1) is 8.83. The summed E-state index contributed by atoms with van der Waals surface area (Å²) < 4.78 is 1.04.